The van der Waals surface area contributed by atoms with Crippen LogP contribution in [-0.2, 0) is 24.6 Å². The molecule has 2 aliphatic rings. The summed E-state index contributed by atoms with van der Waals surface area (Å²) in [5, 5.41) is 15.8. The van der Waals surface area contributed by atoms with Crippen molar-refractivity contribution in [1.29, 1.82) is 0 Å². The van der Waals surface area contributed by atoms with Crippen LogP contribution in [-0.4, -0.2) is 82.6 Å². The lowest BCUT2D eigenvalue weighted by Crippen LogP contribution is -2.47. The zero-order valence-corrected chi connectivity index (χ0v) is 26.4. The first-order valence-electron chi connectivity index (χ1n) is 15.0. The van der Waals surface area contributed by atoms with Crippen molar-refractivity contribution >= 4 is 30.6 Å². The van der Waals surface area contributed by atoms with Crippen LogP contribution in [0.4, 0.5) is 0 Å². The molecule has 43 heavy (non-hydrogen) atoms. The standard InChI is InChI=1S/C32H42N2O7S2/c1-24(2)12-17-42(36,37)30-9-5-8-29(19-30)40-23-28(35)21-33-27-20-32(41-22-27)13-15-34(16-14-32)43(38,39)31-11-10-25-6-3-4-7-26(25)18-31/h3-11,18-19,24,27-28,33,35H,12-17,20-23H2,1-2H3. The van der Waals surface area contributed by atoms with Gasteiger partial charge < -0.3 is 19.9 Å². The number of piperidine rings is 1. The van der Waals surface area contributed by atoms with E-state index in [1.165, 1.54) is 6.07 Å². The Morgan fingerprint density at radius 2 is 1.72 bits per heavy atom. The van der Waals surface area contributed by atoms with Crippen LogP contribution in [0.3, 0.4) is 0 Å². The van der Waals surface area contributed by atoms with Gasteiger partial charge in [-0.1, -0.05) is 50.2 Å². The Morgan fingerprint density at radius 3 is 2.47 bits per heavy atom. The number of sulfone groups is 1. The minimum Gasteiger partial charge on any atom is -0.491 e. The number of nitrogens with zero attached hydrogens (tertiary/aromatic N) is 1. The second kappa shape index (κ2) is 13.2. The summed E-state index contributed by atoms with van der Waals surface area (Å²) >= 11 is 0. The minimum atomic E-state index is -3.60. The Morgan fingerprint density at radius 1 is 0.977 bits per heavy atom. The van der Waals surface area contributed by atoms with Gasteiger partial charge in [0.05, 0.1) is 27.8 Å². The van der Waals surface area contributed by atoms with Crippen molar-refractivity contribution in [2.75, 3.05) is 38.6 Å². The first-order valence-corrected chi connectivity index (χ1v) is 18.1. The molecule has 2 atom stereocenters. The molecule has 0 bridgehead atoms. The van der Waals surface area contributed by atoms with Crippen molar-refractivity contribution < 1.29 is 31.4 Å². The highest BCUT2D eigenvalue weighted by Gasteiger charge is 2.44. The van der Waals surface area contributed by atoms with E-state index in [4.69, 9.17) is 9.47 Å². The van der Waals surface area contributed by atoms with Gasteiger partial charge in [0.15, 0.2) is 9.84 Å². The van der Waals surface area contributed by atoms with E-state index in [-0.39, 0.29) is 28.9 Å². The molecule has 0 aromatic heterocycles. The van der Waals surface area contributed by atoms with Gasteiger partial charge in [-0.2, -0.15) is 4.31 Å². The van der Waals surface area contributed by atoms with Gasteiger partial charge in [-0.15, -0.1) is 0 Å². The highest BCUT2D eigenvalue weighted by molar-refractivity contribution is 7.91. The molecular weight excluding hydrogens is 588 g/mol. The third-order valence-electron chi connectivity index (χ3n) is 8.41. The van der Waals surface area contributed by atoms with Crippen LogP contribution < -0.4 is 10.1 Å². The average Bonchev–Trinajstić information content (AvgIpc) is 3.40. The van der Waals surface area contributed by atoms with Crippen molar-refractivity contribution in [2.24, 2.45) is 5.92 Å². The summed E-state index contributed by atoms with van der Waals surface area (Å²) in [7, 11) is -6.99. The fourth-order valence-corrected chi connectivity index (χ4v) is 8.83. The Hall–Kier alpha value is -2.54. The molecule has 3 aromatic rings. The van der Waals surface area contributed by atoms with Gasteiger partial charge in [-0.25, -0.2) is 16.8 Å². The molecule has 0 saturated carbocycles. The summed E-state index contributed by atoms with van der Waals surface area (Å²) in [4.78, 5) is 0.535. The predicted octanol–water partition coefficient (Wildman–Crippen LogP) is 4.00. The van der Waals surface area contributed by atoms with Gasteiger partial charge >= 0.3 is 0 Å². The number of rotatable bonds is 12. The number of aliphatic hydroxyl groups is 1. The number of aliphatic hydroxyl groups excluding tert-OH is 1. The van der Waals surface area contributed by atoms with E-state index < -0.39 is 26.0 Å². The van der Waals surface area contributed by atoms with Crippen LogP contribution >= 0.6 is 0 Å². The molecule has 0 aliphatic carbocycles. The van der Waals surface area contributed by atoms with E-state index in [0.29, 0.717) is 62.1 Å². The molecule has 0 amide bonds. The van der Waals surface area contributed by atoms with Crippen LogP contribution in [0.2, 0.25) is 0 Å². The average molecular weight is 631 g/mol. The Bertz CT molecular complexity index is 1620. The van der Waals surface area contributed by atoms with E-state index in [0.717, 1.165) is 17.2 Å². The third-order valence-corrected chi connectivity index (χ3v) is 12.1. The van der Waals surface area contributed by atoms with Gasteiger partial charge in [0.1, 0.15) is 18.5 Å². The molecule has 11 heteroatoms. The maximum Gasteiger partial charge on any atom is 0.243 e. The highest BCUT2D eigenvalue weighted by Crippen LogP contribution is 2.37. The maximum absolute atomic E-state index is 13.4. The second-order valence-electron chi connectivity index (χ2n) is 12.2. The summed E-state index contributed by atoms with van der Waals surface area (Å²) in [6.45, 7) is 5.56. The van der Waals surface area contributed by atoms with Crippen LogP contribution in [0, 0.1) is 5.92 Å². The molecule has 0 radical (unpaired) electrons. The van der Waals surface area contributed by atoms with Crippen LogP contribution in [0.25, 0.3) is 10.8 Å². The van der Waals surface area contributed by atoms with Crippen molar-refractivity contribution in [3.8, 4) is 5.75 Å². The van der Waals surface area contributed by atoms with E-state index in [1.54, 1.807) is 34.6 Å². The van der Waals surface area contributed by atoms with Crippen molar-refractivity contribution in [3.05, 3.63) is 66.7 Å². The van der Waals surface area contributed by atoms with E-state index in [9.17, 15) is 21.9 Å². The first-order chi connectivity index (χ1) is 20.5. The molecule has 2 N–H and O–H groups in total. The zero-order valence-electron chi connectivity index (χ0n) is 24.8. The minimum absolute atomic E-state index is 0.0167. The molecule has 2 aliphatic heterocycles. The molecule has 234 valence electrons. The predicted molar refractivity (Wildman–Crippen MR) is 166 cm³/mol. The third kappa shape index (κ3) is 7.76. The molecule has 2 unspecified atom stereocenters. The summed E-state index contributed by atoms with van der Waals surface area (Å²) in [5.41, 5.74) is -0.379. The van der Waals surface area contributed by atoms with Crippen molar-refractivity contribution in [2.45, 2.75) is 67.1 Å². The van der Waals surface area contributed by atoms with E-state index in [2.05, 4.69) is 5.32 Å². The van der Waals surface area contributed by atoms with Gasteiger partial charge in [-0.05, 0) is 72.7 Å². The SMILES string of the molecule is CC(C)CCS(=O)(=O)c1cccc(OCC(O)CNC2COC3(CCN(S(=O)(=O)c4ccc5ccccc5c4)CC3)C2)c1. The second-order valence-corrected chi connectivity index (χ2v) is 16.2. The number of benzene rings is 3. The fraction of sp³-hybridized carbons (Fsp3) is 0.500. The number of hydrogen-bond acceptors (Lipinski definition) is 8. The molecular formula is C32H42N2O7S2. The number of ether oxygens (including phenoxy) is 2. The molecule has 2 fully saturated rings. The Kier molecular flexibility index (Phi) is 9.79. The molecule has 2 saturated heterocycles. The molecule has 5 rings (SSSR count). The van der Waals surface area contributed by atoms with Gasteiger partial charge in [-0.3, -0.25) is 0 Å². The maximum atomic E-state index is 13.4. The lowest BCUT2D eigenvalue weighted by Gasteiger charge is -2.38. The Labute approximate surface area is 255 Å². The van der Waals surface area contributed by atoms with Crippen LogP contribution in [0.1, 0.15) is 39.5 Å². The quantitative estimate of drug-likeness (QED) is 0.308. The zero-order chi connectivity index (χ0) is 30.7. The van der Waals surface area contributed by atoms with Crippen molar-refractivity contribution in [1.82, 2.24) is 9.62 Å². The number of fused-ring (bicyclic) bond motifs is 1. The van der Waals surface area contributed by atoms with Gasteiger partial charge in [0.25, 0.3) is 0 Å². The van der Waals surface area contributed by atoms with Crippen LogP contribution in [0.15, 0.2) is 76.5 Å². The summed E-state index contributed by atoms with van der Waals surface area (Å²) in [6.07, 6.45) is 1.75. The number of hydrogen-bond donors (Lipinski definition) is 2. The number of sulfonamides is 1. The monoisotopic (exact) mass is 630 g/mol. The van der Waals surface area contributed by atoms with E-state index in [1.807, 2.05) is 44.2 Å². The summed E-state index contributed by atoms with van der Waals surface area (Å²) in [6, 6.07) is 19.4. The summed E-state index contributed by atoms with van der Waals surface area (Å²) in [5.74, 6) is 0.782. The summed E-state index contributed by atoms with van der Waals surface area (Å²) < 4.78 is 65.4. The number of nitrogens with one attached hydrogen (secondary N) is 1. The topological polar surface area (TPSA) is 122 Å². The largest absolute Gasteiger partial charge is 0.491 e. The Balaban J connectivity index is 1.07. The first kappa shape index (κ1) is 31.9. The lowest BCUT2D eigenvalue weighted by molar-refractivity contribution is -0.0312. The molecule has 3 aromatic carbocycles. The van der Waals surface area contributed by atoms with E-state index >= 15 is 0 Å². The highest BCUT2D eigenvalue weighted by atomic mass is 32.2. The molecule has 2 heterocycles. The smallest absolute Gasteiger partial charge is 0.243 e. The van der Waals surface area contributed by atoms with Crippen LogP contribution in [0.5, 0.6) is 5.75 Å². The fourth-order valence-electron chi connectivity index (χ4n) is 5.76. The van der Waals surface area contributed by atoms with Gasteiger partial charge in [0.2, 0.25) is 10.0 Å². The molecule has 1 spiro atoms. The normalized spacial score (nSPS) is 20.1. The van der Waals surface area contributed by atoms with Gasteiger partial charge in [0, 0.05) is 25.7 Å². The lowest BCUT2D eigenvalue weighted by atomic mass is 9.88. The molecule has 9 nitrogen and oxygen atoms in total. The van der Waals surface area contributed by atoms with Crippen molar-refractivity contribution in [3.63, 3.8) is 0 Å².